The number of aliphatic hydroxyl groups excluding tert-OH is 1. The molecule has 2 rings (SSSR count). The summed E-state index contributed by atoms with van der Waals surface area (Å²) in [6, 6.07) is 11.1. The van der Waals surface area contributed by atoms with Gasteiger partial charge in [0.15, 0.2) is 5.75 Å². The third-order valence-electron chi connectivity index (χ3n) is 3.37. The van der Waals surface area contributed by atoms with Gasteiger partial charge in [0.1, 0.15) is 6.61 Å². The Labute approximate surface area is 130 Å². The lowest BCUT2D eigenvalue weighted by Gasteiger charge is -2.16. The number of pyridine rings is 1. The van der Waals surface area contributed by atoms with Gasteiger partial charge in [-0.1, -0.05) is 30.3 Å². The first-order valence-corrected chi connectivity index (χ1v) is 7.26. The van der Waals surface area contributed by atoms with E-state index in [9.17, 15) is 9.90 Å². The van der Waals surface area contributed by atoms with Crippen molar-refractivity contribution in [3.63, 3.8) is 0 Å². The zero-order chi connectivity index (χ0) is 15.9. The number of ether oxygens (including phenoxy) is 1. The molecule has 1 aromatic heterocycles. The smallest absolute Gasteiger partial charge is 0.223 e. The minimum Gasteiger partial charge on any atom is -0.483 e. The second kappa shape index (κ2) is 7.77. The number of likely N-dealkylation sites (N-methyl/N-ethyl adjacent to an activating group) is 1. The van der Waals surface area contributed by atoms with Crippen LogP contribution in [0, 0.1) is 0 Å². The summed E-state index contributed by atoms with van der Waals surface area (Å²) in [5.74, 6) is 0.305. The minimum atomic E-state index is -0.207. The minimum absolute atomic E-state index is 0.165. The summed E-state index contributed by atoms with van der Waals surface area (Å²) < 4.78 is 7.50. The Balaban J connectivity index is 2.16. The van der Waals surface area contributed by atoms with Crippen LogP contribution in [0.3, 0.4) is 0 Å². The first-order valence-electron chi connectivity index (χ1n) is 7.26. The molecule has 0 aliphatic rings. The molecule has 0 fully saturated rings. The molecule has 118 valence electrons. The molecular formula is C17H22N2O3. The molecule has 0 aliphatic heterocycles. The van der Waals surface area contributed by atoms with Crippen LogP contribution in [0.2, 0.25) is 0 Å². The SMILES string of the molecule is CN(C)CCn1cc(OCc2ccccc2)c(=O)cc1CO. The molecule has 1 N–H and O–H groups in total. The second-order valence-electron chi connectivity index (χ2n) is 5.42. The molecule has 0 aliphatic carbocycles. The number of nitrogens with zero attached hydrogens (tertiary/aromatic N) is 2. The van der Waals surface area contributed by atoms with Gasteiger partial charge in [0.25, 0.3) is 0 Å². The Morgan fingerprint density at radius 1 is 1.23 bits per heavy atom. The van der Waals surface area contributed by atoms with Crippen molar-refractivity contribution in [2.75, 3.05) is 20.6 Å². The fraction of sp³-hybridized carbons (Fsp3) is 0.353. The Morgan fingerprint density at radius 2 is 1.95 bits per heavy atom. The maximum Gasteiger partial charge on any atom is 0.223 e. The van der Waals surface area contributed by atoms with Gasteiger partial charge in [-0.15, -0.1) is 0 Å². The van der Waals surface area contributed by atoms with Gasteiger partial charge in [0.05, 0.1) is 12.8 Å². The number of benzene rings is 1. The molecule has 5 nitrogen and oxygen atoms in total. The fourth-order valence-electron chi connectivity index (χ4n) is 2.09. The van der Waals surface area contributed by atoms with Crippen molar-refractivity contribution in [3.8, 4) is 5.75 Å². The van der Waals surface area contributed by atoms with Crippen LogP contribution in [0.1, 0.15) is 11.3 Å². The lowest BCUT2D eigenvalue weighted by molar-refractivity contribution is 0.262. The summed E-state index contributed by atoms with van der Waals surface area (Å²) in [4.78, 5) is 14.1. The largest absolute Gasteiger partial charge is 0.483 e. The molecule has 0 bridgehead atoms. The third-order valence-corrected chi connectivity index (χ3v) is 3.37. The molecule has 0 amide bonds. The van der Waals surface area contributed by atoms with Crippen LogP contribution >= 0.6 is 0 Å². The van der Waals surface area contributed by atoms with Crippen LogP contribution < -0.4 is 10.2 Å². The highest BCUT2D eigenvalue weighted by Crippen LogP contribution is 2.10. The zero-order valence-electron chi connectivity index (χ0n) is 13.0. The van der Waals surface area contributed by atoms with E-state index in [1.54, 1.807) is 6.20 Å². The van der Waals surface area contributed by atoms with Crippen molar-refractivity contribution in [1.29, 1.82) is 0 Å². The molecule has 1 heterocycles. The van der Waals surface area contributed by atoms with E-state index in [1.807, 2.05) is 53.9 Å². The standard InChI is InChI=1S/C17H22N2O3/c1-18(2)8-9-19-11-17(16(21)10-15(19)12-20)22-13-14-6-4-3-5-7-14/h3-7,10-11,20H,8-9,12-13H2,1-2H3. The number of rotatable bonds is 7. The van der Waals surface area contributed by atoms with E-state index in [2.05, 4.69) is 0 Å². The van der Waals surface area contributed by atoms with Crippen molar-refractivity contribution in [1.82, 2.24) is 9.47 Å². The fourth-order valence-corrected chi connectivity index (χ4v) is 2.09. The Bertz CT molecular complexity index is 651. The second-order valence-corrected chi connectivity index (χ2v) is 5.42. The van der Waals surface area contributed by atoms with E-state index in [0.29, 0.717) is 24.6 Å². The maximum absolute atomic E-state index is 12.1. The quantitative estimate of drug-likeness (QED) is 0.842. The number of hydrogen-bond acceptors (Lipinski definition) is 4. The summed E-state index contributed by atoms with van der Waals surface area (Å²) in [7, 11) is 3.96. The summed E-state index contributed by atoms with van der Waals surface area (Å²) in [5, 5.41) is 9.39. The van der Waals surface area contributed by atoms with E-state index in [4.69, 9.17) is 4.74 Å². The lowest BCUT2D eigenvalue weighted by atomic mass is 10.2. The molecule has 0 spiro atoms. The first kappa shape index (κ1) is 16.3. The van der Waals surface area contributed by atoms with Crippen molar-refractivity contribution in [2.24, 2.45) is 0 Å². The molecule has 0 saturated carbocycles. The highest BCUT2D eigenvalue weighted by molar-refractivity contribution is 5.23. The van der Waals surface area contributed by atoms with Crippen LogP contribution in [0.25, 0.3) is 0 Å². The van der Waals surface area contributed by atoms with Crippen LogP contribution in [-0.4, -0.2) is 35.2 Å². The molecule has 0 atom stereocenters. The van der Waals surface area contributed by atoms with Gasteiger partial charge in [0.2, 0.25) is 5.43 Å². The number of hydrogen-bond donors (Lipinski definition) is 1. The predicted molar refractivity (Wildman–Crippen MR) is 86.0 cm³/mol. The van der Waals surface area contributed by atoms with Crippen molar-refractivity contribution < 1.29 is 9.84 Å². The van der Waals surface area contributed by atoms with Gasteiger partial charge in [-0.3, -0.25) is 4.79 Å². The summed E-state index contributed by atoms with van der Waals surface area (Å²) >= 11 is 0. The monoisotopic (exact) mass is 302 g/mol. The molecule has 1 aromatic carbocycles. The Kier molecular flexibility index (Phi) is 5.75. The van der Waals surface area contributed by atoms with Crippen molar-refractivity contribution in [2.45, 2.75) is 19.8 Å². The zero-order valence-corrected chi connectivity index (χ0v) is 13.0. The predicted octanol–water partition coefficient (Wildman–Crippen LogP) is 1.48. The maximum atomic E-state index is 12.1. The highest BCUT2D eigenvalue weighted by Gasteiger charge is 2.08. The van der Waals surface area contributed by atoms with Gasteiger partial charge < -0.3 is 19.3 Å². The summed E-state index contributed by atoms with van der Waals surface area (Å²) in [5.41, 5.74) is 1.40. The Morgan fingerprint density at radius 3 is 2.59 bits per heavy atom. The van der Waals surface area contributed by atoms with E-state index >= 15 is 0 Å². The van der Waals surface area contributed by atoms with Gasteiger partial charge in [-0.05, 0) is 19.7 Å². The molecule has 22 heavy (non-hydrogen) atoms. The molecule has 2 aromatic rings. The van der Waals surface area contributed by atoms with Crippen molar-refractivity contribution in [3.05, 3.63) is 64.1 Å². The van der Waals surface area contributed by atoms with Crippen LogP contribution in [0.5, 0.6) is 5.75 Å². The van der Waals surface area contributed by atoms with Gasteiger partial charge in [0, 0.05) is 24.8 Å². The molecule has 0 radical (unpaired) electrons. The molecule has 5 heteroatoms. The summed E-state index contributed by atoms with van der Waals surface area (Å²) in [6.45, 7) is 1.68. The topological polar surface area (TPSA) is 54.7 Å². The third kappa shape index (κ3) is 4.44. The van der Waals surface area contributed by atoms with E-state index in [1.165, 1.54) is 6.07 Å². The highest BCUT2D eigenvalue weighted by atomic mass is 16.5. The van der Waals surface area contributed by atoms with Crippen LogP contribution in [0.15, 0.2) is 47.4 Å². The number of aliphatic hydroxyl groups is 1. The molecular weight excluding hydrogens is 280 g/mol. The summed E-state index contributed by atoms with van der Waals surface area (Å²) in [6.07, 6.45) is 1.68. The van der Waals surface area contributed by atoms with Gasteiger partial charge in [-0.2, -0.15) is 0 Å². The average molecular weight is 302 g/mol. The lowest BCUT2D eigenvalue weighted by Crippen LogP contribution is -2.22. The molecule has 0 saturated heterocycles. The average Bonchev–Trinajstić information content (AvgIpc) is 2.53. The van der Waals surface area contributed by atoms with E-state index < -0.39 is 0 Å². The first-order chi connectivity index (χ1) is 10.6. The van der Waals surface area contributed by atoms with Crippen molar-refractivity contribution >= 4 is 0 Å². The van der Waals surface area contributed by atoms with Crippen LogP contribution in [-0.2, 0) is 19.8 Å². The van der Waals surface area contributed by atoms with Gasteiger partial charge in [-0.25, -0.2) is 0 Å². The van der Waals surface area contributed by atoms with Crippen LogP contribution in [0.4, 0.5) is 0 Å². The normalized spacial score (nSPS) is 10.9. The molecule has 0 unspecified atom stereocenters. The van der Waals surface area contributed by atoms with E-state index in [0.717, 1.165) is 12.1 Å². The van der Waals surface area contributed by atoms with E-state index in [-0.39, 0.29) is 12.0 Å². The Hall–Kier alpha value is -2.11. The van der Waals surface area contributed by atoms with Gasteiger partial charge >= 0.3 is 0 Å². The number of aromatic nitrogens is 1.